The summed E-state index contributed by atoms with van der Waals surface area (Å²) in [6, 6.07) is 20.3. The molecule has 5 rings (SSSR count). The number of anilines is 1. The molecule has 1 aliphatic rings. The van der Waals surface area contributed by atoms with Crippen molar-refractivity contribution in [3.8, 4) is 5.69 Å². The van der Waals surface area contributed by atoms with Crippen molar-refractivity contribution < 1.29 is 18.7 Å². The number of esters is 1. The molecule has 0 unspecified atom stereocenters. The predicted molar refractivity (Wildman–Crippen MR) is 158 cm³/mol. The molecule has 4 aromatic rings. The molecule has 2 atom stereocenters. The molecule has 10 heteroatoms. The van der Waals surface area contributed by atoms with E-state index in [1.165, 1.54) is 31.4 Å². The van der Waals surface area contributed by atoms with Crippen LogP contribution in [-0.2, 0) is 9.53 Å². The first-order valence-electron chi connectivity index (χ1n) is 13.2. The van der Waals surface area contributed by atoms with Gasteiger partial charge < -0.3 is 24.8 Å². The smallest absolute Gasteiger partial charge is 0.337 e. The molecule has 1 amide bonds. The van der Waals surface area contributed by atoms with Crippen molar-refractivity contribution in [1.82, 2.24) is 19.8 Å². The molecular weight excluding hydrogens is 541 g/mol. The van der Waals surface area contributed by atoms with Crippen LogP contribution >= 0.6 is 12.2 Å². The molecule has 210 valence electrons. The van der Waals surface area contributed by atoms with Crippen molar-refractivity contribution in [2.75, 3.05) is 19.0 Å². The number of halogens is 1. The van der Waals surface area contributed by atoms with Crippen LogP contribution in [0.4, 0.5) is 10.1 Å². The van der Waals surface area contributed by atoms with Crippen LogP contribution in [-0.4, -0.2) is 45.1 Å². The lowest BCUT2D eigenvalue weighted by molar-refractivity contribution is -0.116. The van der Waals surface area contributed by atoms with Gasteiger partial charge in [-0.3, -0.25) is 9.78 Å². The molecule has 41 heavy (non-hydrogen) atoms. The first-order valence-corrected chi connectivity index (χ1v) is 13.6. The average Bonchev–Trinajstić information content (AvgIpc) is 3.47. The third-order valence-electron chi connectivity index (χ3n) is 7.22. The Morgan fingerprint density at radius 2 is 1.85 bits per heavy atom. The number of rotatable bonds is 8. The predicted octanol–water partition coefficient (Wildman–Crippen LogP) is 5.42. The molecule has 3 heterocycles. The Balaban J connectivity index is 1.48. The third kappa shape index (κ3) is 5.83. The highest BCUT2D eigenvalue weighted by Gasteiger charge is 2.41. The summed E-state index contributed by atoms with van der Waals surface area (Å²) in [4.78, 5) is 31.7. The summed E-state index contributed by atoms with van der Waals surface area (Å²) in [7, 11) is 1.36. The summed E-state index contributed by atoms with van der Waals surface area (Å²) in [6.07, 6.45) is 1.92. The first-order chi connectivity index (χ1) is 19.8. The fraction of sp³-hybridized carbons (Fsp3) is 0.226. The lowest BCUT2D eigenvalue weighted by atomic mass is 9.96. The first kappa shape index (κ1) is 28.0. The third-order valence-corrected chi connectivity index (χ3v) is 7.57. The van der Waals surface area contributed by atoms with Crippen molar-refractivity contribution >= 4 is 34.9 Å². The summed E-state index contributed by atoms with van der Waals surface area (Å²) in [6.45, 7) is 4.40. The van der Waals surface area contributed by atoms with E-state index >= 15 is 0 Å². The standard InChI is InChI=1S/C31H30FN5O3S/c1-19-17-25(20(2)37(19)24-8-6-7-21(18-24)30(39)40-3)29-28(26-9-4-5-15-33-26)35-31(41)36(29)16-14-27(38)34-23-12-10-22(32)11-13-23/h4-13,15,17-18,28-29H,14,16H2,1-3H3,(H,34,38)(H,35,41)/t28-,29+/m1/s1. The van der Waals surface area contributed by atoms with Gasteiger partial charge in [0.15, 0.2) is 5.11 Å². The Bertz CT molecular complexity index is 1590. The zero-order valence-electron chi connectivity index (χ0n) is 22.9. The molecule has 1 aliphatic heterocycles. The van der Waals surface area contributed by atoms with Gasteiger partial charge >= 0.3 is 5.97 Å². The second-order valence-electron chi connectivity index (χ2n) is 9.83. The van der Waals surface area contributed by atoms with Gasteiger partial charge in [-0.15, -0.1) is 0 Å². The summed E-state index contributed by atoms with van der Waals surface area (Å²) in [5.41, 5.74) is 5.63. The van der Waals surface area contributed by atoms with Gasteiger partial charge in [0, 0.05) is 41.9 Å². The number of aromatic nitrogens is 2. The van der Waals surface area contributed by atoms with Crippen molar-refractivity contribution in [1.29, 1.82) is 0 Å². The van der Waals surface area contributed by atoms with Gasteiger partial charge in [-0.05, 0) is 92.3 Å². The molecule has 1 fully saturated rings. The van der Waals surface area contributed by atoms with E-state index in [0.717, 1.165) is 28.3 Å². The quantitative estimate of drug-likeness (QED) is 0.216. The Labute approximate surface area is 243 Å². The Hall–Kier alpha value is -4.57. The largest absolute Gasteiger partial charge is 0.465 e. The number of aryl methyl sites for hydroxylation is 1. The fourth-order valence-electron chi connectivity index (χ4n) is 5.34. The summed E-state index contributed by atoms with van der Waals surface area (Å²) in [5.74, 6) is -0.973. The number of amides is 1. The van der Waals surface area contributed by atoms with Crippen molar-refractivity contribution in [3.63, 3.8) is 0 Å². The van der Waals surface area contributed by atoms with Gasteiger partial charge in [-0.1, -0.05) is 12.1 Å². The number of methoxy groups -OCH3 is 1. The maximum absolute atomic E-state index is 13.3. The Morgan fingerprint density at radius 3 is 2.56 bits per heavy atom. The lowest BCUT2D eigenvalue weighted by Crippen LogP contribution is -2.32. The molecule has 8 nitrogen and oxygen atoms in total. The SMILES string of the molecule is COC(=O)c1cccc(-n2c(C)cc([C@H]3[C@@H](c4ccccn4)NC(=S)N3CCC(=O)Nc3ccc(F)cc3)c2C)c1. The normalized spacial score (nSPS) is 16.4. The van der Waals surface area contributed by atoms with Crippen LogP contribution in [0.1, 0.15) is 51.5 Å². The van der Waals surface area contributed by atoms with Crippen LogP contribution in [0.25, 0.3) is 5.69 Å². The number of carbonyl (C=O) groups excluding carboxylic acids is 2. The van der Waals surface area contributed by atoms with Gasteiger partial charge in [0.2, 0.25) is 5.91 Å². The summed E-state index contributed by atoms with van der Waals surface area (Å²) < 4.78 is 20.3. The van der Waals surface area contributed by atoms with Crippen LogP contribution in [0.2, 0.25) is 0 Å². The number of hydrogen-bond acceptors (Lipinski definition) is 5. The number of nitrogens with zero attached hydrogens (tertiary/aromatic N) is 3. The van der Waals surface area contributed by atoms with Crippen molar-refractivity contribution in [2.45, 2.75) is 32.4 Å². The lowest BCUT2D eigenvalue weighted by Gasteiger charge is -2.28. The maximum Gasteiger partial charge on any atom is 0.337 e. The molecule has 0 aliphatic carbocycles. The Morgan fingerprint density at radius 1 is 1.07 bits per heavy atom. The van der Waals surface area contributed by atoms with E-state index in [1.54, 1.807) is 18.3 Å². The molecule has 0 radical (unpaired) electrons. The molecule has 0 bridgehead atoms. The molecule has 0 spiro atoms. The molecule has 1 saturated heterocycles. The number of pyridine rings is 1. The maximum atomic E-state index is 13.3. The molecule has 2 aromatic carbocycles. The number of nitrogens with one attached hydrogen (secondary N) is 2. The van der Waals surface area contributed by atoms with E-state index in [4.69, 9.17) is 17.0 Å². The van der Waals surface area contributed by atoms with Gasteiger partial charge in [0.1, 0.15) is 5.82 Å². The number of carbonyl (C=O) groups is 2. The molecule has 2 N–H and O–H groups in total. The minimum absolute atomic E-state index is 0.171. The molecule has 2 aromatic heterocycles. The number of thiocarbonyl (C=S) groups is 1. The van der Waals surface area contributed by atoms with Crippen LogP contribution in [0, 0.1) is 19.7 Å². The van der Waals surface area contributed by atoms with E-state index in [9.17, 15) is 14.0 Å². The highest BCUT2D eigenvalue weighted by Crippen LogP contribution is 2.41. The topological polar surface area (TPSA) is 88.5 Å². The zero-order chi connectivity index (χ0) is 29.1. The van der Waals surface area contributed by atoms with Crippen molar-refractivity contribution in [3.05, 3.63) is 113 Å². The highest BCUT2D eigenvalue weighted by molar-refractivity contribution is 7.80. The summed E-state index contributed by atoms with van der Waals surface area (Å²) >= 11 is 5.78. The molecule has 0 saturated carbocycles. The highest BCUT2D eigenvalue weighted by atomic mass is 32.1. The monoisotopic (exact) mass is 571 g/mol. The van der Waals surface area contributed by atoms with E-state index < -0.39 is 5.97 Å². The second-order valence-corrected chi connectivity index (χ2v) is 10.2. The van der Waals surface area contributed by atoms with Crippen molar-refractivity contribution in [2.24, 2.45) is 0 Å². The number of hydrogen-bond donors (Lipinski definition) is 2. The number of ether oxygens (including phenoxy) is 1. The van der Waals surface area contributed by atoms with Gasteiger partial charge in [-0.2, -0.15) is 0 Å². The van der Waals surface area contributed by atoms with Gasteiger partial charge in [0.05, 0.1) is 30.5 Å². The van der Waals surface area contributed by atoms with Gasteiger partial charge in [0.25, 0.3) is 0 Å². The van der Waals surface area contributed by atoms with Crippen LogP contribution in [0.15, 0.2) is 79.0 Å². The van der Waals surface area contributed by atoms with E-state index in [0.29, 0.717) is 22.9 Å². The van der Waals surface area contributed by atoms with E-state index in [2.05, 4.69) is 26.3 Å². The second kappa shape index (κ2) is 11.9. The van der Waals surface area contributed by atoms with Gasteiger partial charge in [-0.25, -0.2) is 9.18 Å². The van der Waals surface area contributed by atoms with Crippen LogP contribution in [0.5, 0.6) is 0 Å². The zero-order valence-corrected chi connectivity index (χ0v) is 23.7. The Kier molecular flexibility index (Phi) is 8.11. The number of benzene rings is 2. The fourth-order valence-corrected chi connectivity index (χ4v) is 5.67. The summed E-state index contributed by atoms with van der Waals surface area (Å²) in [5, 5.41) is 6.77. The minimum Gasteiger partial charge on any atom is -0.465 e. The van der Waals surface area contributed by atoms with Crippen LogP contribution < -0.4 is 10.6 Å². The average molecular weight is 572 g/mol. The molecular formula is C31H30FN5O3S. The van der Waals surface area contributed by atoms with Crippen LogP contribution in [0.3, 0.4) is 0 Å². The van der Waals surface area contributed by atoms with E-state index in [-0.39, 0.29) is 30.2 Å². The minimum atomic E-state index is -0.403. The van der Waals surface area contributed by atoms with E-state index in [1.807, 2.05) is 49.1 Å².